The smallest absolute Gasteiger partial charge is 0.118 e. The molecule has 0 aliphatic heterocycles. The second-order valence-corrected chi connectivity index (χ2v) is 5.76. The molecule has 0 bridgehead atoms. The zero-order chi connectivity index (χ0) is 16.7. The number of nitrogens with two attached hydrogens (primary N) is 1. The average Bonchev–Trinajstić information content (AvgIpc) is 2.59. The first kappa shape index (κ1) is 17.5. The molecule has 0 heterocycles. The predicted octanol–water partition coefficient (Wildman–Crippen LogP) is 2.28. The first-order chi connectivity index (χ1) is 11.1. The van der Waals surface area contributed by atoms with Crippen LogP contribution in [0.5, 0.6) is 5.75 Å². The highest BCUT2D eigenvalue weighted by atomic mass is 16.5. The van der Waals surface area contributed by atoms with Gasteiger partial charge in [-0.25, -0.2) is 0 Å². The normalized spacial score (nSPS) is 15.0. The summed E-state index contributed by atoms with van der Waals surface area (Å²) in [7, 11) is 1.67. The van der Waals surface area contributed by atoms with Crippen molar-refractivity contribution in [2.45, 2.75) is 31.5 Å². The monoisotopic (exact) mass is 314 g/mol. The summed E-state index contributed by atoms with van der Waals surface area (Å²) in [5.74, 6) is 0.861. The lowest BCUT2D eigenvalue weighted by Crippen LogP contribution is -2.45. The van der Waals surface area contributed by atoms with E-state index < -0.39 is 6.10 Å². The van der Waals surface area contributed by atoms with Gasteiger partial charge in [-0.3, -0.25) is 0 Å². The molecule has 1 unspecified atom stereocenters. The molecule has 2 rings (SSSR count). The van der Waals surface area contributed by atoms with Crippen LogP contribution in [-0.2, 0) is 6.42 Å². The zero-order valence-electron chi connectivity index (χ0n) is 13.8. The lowest BCUT2D eigenvalue weighted by molar-refractivity contribution is 0.143. The van der Waals surface area contributed by atoms with Gasteiger partial charge >= 0.3 is 0 Å². The second kappa shape index (κ2) is 8.67. The Bertz CT molecular complexity index is 570. The zero-order valence-corrected chi connectivity index (χ0v) is 13.8. The molecule has 3 atom stereocenters. The van der Waals surface area contributed by atoms with Crippen LogP contribution in [0.15, 0.2) is 54.6 Å². The van der Waals surface area contributed by atoms with E-state index in [1.807, 2.05) is 42.5 Å². The number of hydrogen-bond donors (Lipinski definition) is 3. The van der Waals surface area contributed by atoms with Gasteiger partial charge < -0.3 is 20.9 Å². The van der Waals surface area contributed by atoms with Crippen LogP contribution < -0.4 is 15.8 Å². The maximum absolute atomic E-state index is 9.85. The first-order valence-corrected chi connectivity index (χ1v) is 7.96. The van der Waals surface area contributed by atoms with E-state index in [4.69, 9.17) is 10.5 Å². The van der Waals surface area contributed by atoms with Gasteiger partial charge in [0.2, 0.25) is 0 Å². The molecule has 0 aliphatic rings. The number of hydrogen-bond acceptors (Lipinski definition) is 4. The molecule has 0 saturated carbocycles. The van der Waals surface area contributed by atoms with Crippen LogP contribution in [0.4, 0.5) is 0 Å². The van der Waals surface area contributed by atoms with Crippen molar-refractivity contribution < 1.29 is 9.84 Å². The average molecular weight is 314 g/mol. The maximum Gasteiger partial charge on any atom is 0.118 e. The highest BCUT2D eigenvalue weighted by Crippen LogP contribution is 2.18. The van der Waals surface area contributed by atoms with Crippen molar-refractivity contribution in [3.05, 3.63) is 65.7 Å². The lowest BCUT2D eigenvalue weighted by Gasteiger charge is -2.27. The van der Waals surface area contributed by atoms with Crippen molar-refractivity contribution in [2.75, 3.05) is 13.7 Å². The van der Waals surface area contributed by atoms with Gasteiger partial charge in [0.15, 0.2) is 0 Å². The van der Waals surface area contributed by atoms with Gasteiger partial charge in [0, 0.05) is 12.1 Å². The third-order valence-electron chi connectivity index (χ3n) is 4.04. The molecule has 2 aromatic rings. The second-order valence-electron chi connectivity index (χ2n) is 5.76. The summed E-state index contributed by atoms with van der Waals surface area (Å²) in [6.07, 6.45) is 0.313. The summed E-state index contributed by atoms with van der Waals surface area (Å²) in [6.45, 7) is 2.51. The molecule has 0 aliphatic carbocycles. The van der Waals surface area contributed by atoms with Crippen LogP contribution in [0.2, 0.25) is 0 Å². The topological polar surface area (TPSA) is 67.5 Å². The molecule has 0 amide bonds. The van der Waals surface area contributed by atoms with E-state index in [9.17, 15) is 5.11 Å². The van der Waals surface area contributed by atoms with Crippen LogP contribution in [0.25, 0.3) is 0 Å². The van der Waals surface area contributed by atoms with Crippen LogP contribution in [0.3, 0.4) is 0 Å². The molecule has 0 aromatic heterocycles. The SMILES string of the molecule is COc1ccc(CCNC(c2ccccc2)[C@H](N)[C@@H](C)O)cc1. The number of ether oxygens (including phenoxy) is 1. The lowest BCUT2D eigenvalue weighted by atomic mass is 9.96. The summed E-state index contributed by atoms with van der Waals surface area (Å²) in [5, 5.41) is 13.3. The van der Waals surface area contributed by atoms with Crippen LogP contribution in [-0.4, -0.2) is 30.9 Å². The number of aliphatic hydroxyl groups is 1. The molecule has 0 saturated heterocycles. The molecule has 0 radical (unpaired) electrons. The Morgan fingerprint density at radius 3 is 2.30 bits per heavy atom. The Hall–Kier alpha value is -1.88. The Morgan fingerprint density at radius 1 is 1.09 bits per heavy atom. The third kappa shape index (κ3) is 5.06. The van der Waals surface area contributed by atoms with Crippen molar-refractivity contribution in [1.29, 1.82) is 0 Å². The van der Waals surface area contributed by atoms with Gasteiger partial charge in [-0.1, -0.05) is 42.5 Å². The maximum atomic E-state index is 9.85. The summed E-state index contributed by atoms with van der Waals surface area (Å²) in [5.41, 5.74) is 8.51. The van der Waals surface area contributed by atoms with Gasteiger partial charge in [-0.05, 0) is 43.1 Å². The van der Waals surface area contributed by atoms with E-state index in [-0.39, 0.29) is 12.1 Å². The molecule has 124 valence electrons. The Morgan fingerprint density at radius 2 is 1.74 bits per heavy atom. The molecule has 4 N–H and O–H groups in total. The van der Waals surface area contributed by atoms with Crippen LogP contribution >= 0.6 is 0 Å². The number of nitrogens with one attached hydrogen (secondary N) is 1. The van der Waals surface area contributed by atoms with Gasteiger partial charge in [0.25, 0.3) is 0 Å². The predicted molar refractivity (Wildman–Crippen MR) is 93.5 cm³/mol. The largest absolute Gasteiger partial charge is 0.497 e. The number of aliphatic hydroxyl groups excluding tert-OH is 1. The van der Waals surface area contributed by atoms with Gasteiger partial charge in [-0.2, -0.15) is 0 Å². The molecule has 4 nitrogen and oxygen atoms in total. The molecular formula is C19H26N2O2. The molecule has 0 fully saturated rings. The van der Waals surface area contributed by atoms with E-state index >= 15 is 0 Å². The van der Waals surface area contributed by atoms with Crippen molar-refractivity contribution in [3.63, 3.8) is 0 Å². The minimum absolute atomic E-state index is 0.0746. The number of benzene rings is 2. The minimum Gasteiger partial charge on any atom is -0.497 e. The van der Waals surface area contributed by atoms with E-state index in [0.717, 1.165) is 24.3 Å². The summed E-state index contributed by atoms with van der Waals surface area (Å²) in [4.78, 5) is 0. The molecule has 0 spiro atoms. The van der Waals surface area contributed by atoms with Crippen molar-refractivity contribution in [2.24, 2.45) is 5.73 Å². The number of methoxy groups -OCH3 is 1. The van der Waals surface area contributed by atoms with Gasteiger partial charge in [-0.15, -0.1) is 0 Å². The van der Waals surface area contributed by atoms with E-state index in [1.165, 1.54) is 5.56 Å². The van der Waals surface area contributed by atoms with Gasteiger partial charge in [0.05, 0.1) is 13.2 Å². The Labute approximate surface area is 138 Å². The first-order valence-electron chi connectivity index (χ1n) is 7.96. The fraction of sp³-hybridized carbons (Fsp3) is 0.368. The van der Waals surface area contributed by atoms with Crippen molar-refractivity contribution in [1.82, 2.24) is 5.32 Å². The summed E-state index contributed by atoms with van der Waals surface area (Å²) >= 11 is 0. The minimum atomic E-state index is -0.575. The fourth-order valence-corrected chi connectivity index (χ4v) is 2.58. The molecule has 2 aromatic carbocycles. The summed E-state index contributed by atoms with van der Waals surface area (Å²) < 4.78 is 5.17. The van der Waals surface area contributed by atoms with Crippen molar-refractivity contribution >= 4 is 0 Å². The quantitative estimate of drug-likeness (QED) is 0.699. The Kier molecular flexibility index (Phi) is 6.59. The standard InChI is InChI=1S/C19H26N2O2/c1-14(22)18(20)19(16-6-4-3-5-7-16)21-13-12-15-8-10-17(23-2)11-9-15/h3-11,14,18-19,21-22H,12-13,20H2,1-2H3/t14-,18-,19?/m1/s1. The number of rotatable bonds is 8. The van der Waals surface area contributed by atoms with E-state index in [1.54, 1.807) is 14.0 Å². The highest BCUT2D eigenvalue weighted by molar-refractivity contribution is 5.27. The van der Waals surface area contributed by atoms with Crippen LogP contribution in [0, 0.1) is 0 Å². The fourth-order valence-electron chi connectivity index (χ4n) is 2.58. The third-order valence-corrected chi connectivity index (χ3v) is 4.04. The molecule has 23 heavy (non-hydrogen) atoms. The molecular weight excluding hydrogens is 288 g/mol. The van der Waals surface area contributed by atoms with Crippen LogP contribution in [0.1, 0.15) is 24.1 Å². The van der Waals surface area contributed by atoms with E-state index in [0.29, 0.717) is 0 Å². The summed E-state index contributed by atoms with van der Waals surface area (Å²) in [6, 6.07) is 17.6. The Balaban J connectivity index is 1.97. The molecule has 4 heteroatoms. The van der Waals surface area contributed by atoms with Crippen molar-refractivity contribution in [3.8, 4) is 5.75 Å². The van der Waals surface area contributed by atoms with Gasteiger partial charge in [0.1, 0.15) is 5.75 Å². The highest BCUT2D eigenvalue weighted by Gasteiger charge is 2.22. The van der Waals surface area contributed by atoms with E-state index in [2.05, 4.69) is 17.4 Å².